The third-order valence-corrected chi connectivity index (χ3v) is 4.46. The van der Waals surface area contributed by atoms with Crippen molar-refractivity contribution >= 4 is 10.0 Å². The van der Waals surface area contributed by atoms with Crippen LogP contribution in [-0.2, 0) is 16.6 Å². The van der Waals surface area contributed by atoms with Gasteiger partial charge in [0.05, 0.1) is 6.26 Å². The normalized spacial score (nSPS) is 21.0. The van der Waals surface area contributed by atoms with E-state index in [1.165, 1.54) is 17.4 Å². The van der Waals surface area contributed by atoms with Gasteiger partial charge in [-0.05, 0) is 37.8 Å². The summed E-state index contributed by atoms with van der Waals surface area (Å²) in [7, 11) is -3.07. The lowest BCUT2D eigenvalue weighted by Crippen LogP contribution is -2.40. The Kier molecular flexibility index (Phi) is 5.18. The van der Waals surface area contributed by atoms with Gasteiger partial charge >= 0.3 is 0 Å². The molecular weight excluding hydrogens is 272 g/mol. The Bertz CT molecular complexity index is 525. The summed E-state index contributed by atoms with van der Waals surface area (Å²) in [6.45, 7) is 5.68. The first-order valence-corrected chi connectivity index (χ1v) is 9.04. The van der Waals surface area contributed by atoms with Crippen molar-refractivity contribution in [3.63, 3.8) is 0 Å². The second-order valence-corrected chi connectivity index (χ2v) is 7.68. The third-order valence-electron chi connectivity index (χ3n) is 3.76. The monoisotopic (exact) mass is 296 g/mol. The van der Waals surface area contributed by atoms with Gasteiger partial charge in [-0.25, -0.2) is 13.1 Å². The maximum Gasteiger partial charge on any atom is 0.208 e. The molecule has 0 radical (unpaired) electrons. The van der Waals surface area contributed by atoms with Gasteiger partial charge in [-0.3, -0.25) is 4.90 Å². The van der Waals surface area contributed by atoms with Crippen molar-refractivity contribution in [3.05, 3.63) is 35.4 Å². The Morgan fingerprint density at radius 2 is 2.00 bits per heavy atom. The average molecular weight is 296 g/mol. The van der Waals surface area contributed by atoms with Crippen LogP contribution in [0.3, 0.4) is 0 Å². The van der Waals surface area contributed by atoms with E-state index in [4.69, 9.17) is 0 Å². The number of hydrogen-bond donors (Lipinski definition) is 1. The number of piperidine rings is 1. The van der Waals surface area contributed by atoms with E-state index in [-0.39, 0.29) is 0 Å². The molecular formula is C15H24N2O2S. The summed E-state index contributed by atoms with van der Waals surface area (Å²) >= 11 is 0. The molecule has 112 valence electrons. The molecule has 1 atom stereocenters. The lowest BCUT2D eigenvalue weighted by molar-refractivity contribution is 0.169. The van der Waals surface area contributed by atoms with Crippen molar-refractivity contribution in [2.24, 2.45) is 5.92 Å². The number of aryl methyl sites for hydroxylation is 1. The smallest absolute Gasteiger partial charge is 0.208 e. The standard InChI is InChI=1S/C15H24N2O2S/c1-13-5-7-14(8-6-13)11-17-9-3-4-15(12-17)10-16-20(2,18)19/h5-8,15-16H,3-4,9-12H2,1-2H3/t15-/m0/s1. The Labute approximate surface area is 122 Å². The zero-order valence-electron chi connectivity index (χ0n) is 12.3. The Morgan fingerprint density at radius 1 is 1.30 bits per heavy atom. The summed E-state index contributed by atoms with van der Waals surface area (Å²) < 4.78 is 24.9. The van der Waals surface area contributed by atoms with Gasteiger partial charge in [-0.15, -0.1) is 0 Å². The van der Waals surface area contributed by atoms with Gasteiger partial charge in [0.15, 0.2) is 0 Å². The summed E-state index contributed by atoms with van der Waals surface area (Å²) in [6, 6.07) is 8.63. The highest BCUT2D eigenvalue weighted by Gasteiger charge is 2.20. The molecule has 0 aliphatic carbocycles. The highest BCUT2D eigenvalue weighted by atomic mass is 32.2. The molecule has 1 aromatic rings. The fourth-order valence-electron chi connectivity index (χ4n) is 2.68. The lowest BCUT2D eigenvalue weighted by Gasteiger charge is -2.32. The second kappa shape index (κ2) is 6.70. The molecule has 2 rings (SSSR count). The fourth-order valence-corrected chi connectivity index (χ4v) is 3.22. The minimum Gasteiger partial charge on any atom is -0.299 e. The number of likely N-dealkylation sites (tertiary alicyclic amines) is 1. The van der Waals surface area contributed by atoms with E-state index in [2.05, 4.69) is 40.8 Å². The van der Waals surface area contributed by atoms with Crippen LogP contribution in [0.2, 0.25) is 0 Å². The molecule has 1 fully saturated rings. The summed E-state index contributed by atoms with van der Waals surface area (Å²) in [6.07, 6.45) is 3.47. The minimum absolute atomic E-state index is 0.420. The number of sulfonamides is 1. The molecule has 1 aromatic carbocycles. The van der Waals surface area contributed by atoms with Gasteiger partial charge in [-0.2, -0.15) is 0 Å². The van der Waals surface area contributed by atoms with Gasteiger partial charge in [0, 0.05) is 19.6 Å². The van der Waals surface area contributed by atoms with Crippen LogP contribution in [0.1, 0.15) is 24.0 Å². The Balaban J connectivity index is 1.85. The SMILES string of the molecule is Cc1ccc(CN2CCC[C@@H](CNS(C)(=O)=O)C2)cc1. The number of benzene rings is 1. The molecule has 0 bridgehead atoms. The molecule has 0 amide bonds. The van der Waals surface area contributed by atoms with Crippen LogP contribution < -0.4 is 4.72 Å². The van der Waals surface area contributed by atoms with E-state index >= 15 is 0 Å². The zero-order chi connectivity index (χ0) is 14.6. The largest absolute Gasteiger partial charge is 0.299 e. The first-order chi connectivity index (χ1) is 9.42. The Morgan fingerprint density at radius 3 is 2.65 bits per heavy atom. The molecule has 1 heterocycles. The van der Waals surface area contributed by atoms with Crippen molar-refractivity contribution < 1.29 is 8.42 Å². The summed E-state index contributed by atoms with van der Waals surface area (Å²) in [5.41, 5.74) is 2.61. The van der Waals surface area contributed by atoms with Crippen LogP contribution in [0, 0.1) is 12.8 Å². The van der Waals surface area contributed by atoms with E-state index in [1.54, 1.807) is 0 Å². The highest BCUT2D eigenvalue weighted by Crippen LogP contribution is 2.18. The van der Waals surface area contributed by atoms with E-state index < -0.39 is 10.0 Å². The summed E-state index contributed by atoms with van der Waals surface area (Å²) in [5, 5.41) is 0. The molecule has 1 saturated heterocycles. The molecule has 0 unspecified atom stereocenters. The Hall–Kier alpha value is -0.910. The fraction of sp³-hybridized carbons (Fsp3) is 0.600. The first-order valence-electron chi connectivity index (χ1n) is 7.15. The second-order valence-electron chi connectivity index (χ2n) is 5.85. The van der Waals surface area contributed by atoms with Crippen LogP contribution in [0.15, 0.2) is 24.3 Å². The van der Waals surface area contributed by atoms with Crippen molar-refractivity contribution in [1.82, 2.24) is 9.62 Å². The van der Waals surface area contributed by atoms with Crippen LogP contribution in [0.25, 0.3) is 0 Å². The maximum absolute atomic E-state index is 11.2. The molecule has 5 heteroatoms. The highest BCUT2D eigenvalue weighted by molar-refractivity contribution is 7.88. The number of hydrogen-bond acceptors (Lipinski definition) is 3. The molecule has 4 nitrogen and oxygen atoms in total. The van der Waals surface area contributed by atoms with Gasteiger partial charge in [0.25, 0.3) is 0 Å². The molecule has 0 spiro atoms. The third kappa shape index (κ3) is 5.23. The molecule has 0 aromatic heterocycles. The van der Waals surface area contributed by atoms with E-state index in [9.17, 15) is 8.42 Å². The first kappa shape index (κ1) is 15.5. The lowest BCUT2D eigenvalue weighted by atomic mass is 9.98. The van der Waals surface area contributed by atoms with Crippen LogP contribution in [0.5, 0.6) is 0 Å². The van der Waals surface area contributed by atoms with E-state index in [0.717, 1.165) is 32.5 Å². The molecule has 1 N–H and O–H groups in total. The van der Waals surface area contributed by atoms with Crippen LogP contribution in [0.4, 0.5) is 0 Å². The predicted octanol–water partition coefficient (Wildman–Crippen LogP) is 1.76. The van der Waals surface area contributed by atoms with Crippen molar-refractivity contribution in [3.8, 4) is 0 Å². The molecule has 1 aliphatic rings. The van der Waals surface area contributed by atoms with E-state index in [0.29, 0.717) is 12.5 Å². The molecule has 1 aliphatic heterocycles. The van der Waals surface area contributed by atoms with Gasteiger partial charge < -0.3 is 0 Å². The quantitative estimate of drug-likeness (QED) is 0.900. The number of rotatable bonds is 5. The van der Waals surface area contributed by atoms with Crippen LogP contribution >= 0.6 is 0 Å². The summed E-state index contributed by atoms with van der Waals surface area (Å²) in [5.74, 6) is 0.420. The van der Waals surface area contributed by atoms with E-state index in [1.807, 2.05) is 0 Å². The topological polar surface area (TPSA) is 49.4 Å². The predicted molar refractivity (Wildman–Crippen MR) is 82.0 cm³/mol. The van der Waals surface area contributed by atoms with Crippen molar-refractivity contribution in [2.75, 3.05) is 25.9 Å². The maximum atomic E-state index is 11.2. The van der Waals surface area contributed by atoms with Crippen LogP contribution in [-0.4, -0.2) is 39.2 Å². The zero-order valence-corrected chi connectivity index (χ0v) is 13.1. The van der Waals surface area contributed by atoms with Gasteiger partial charge in [0.2, 0.25) is 10.0 Å². The van der Waals surface area contributed by atoms with Gasteiger partial charge in [-0.1, -0.05) is 29.8 Å². The summed E-state index contributed by atoms with van der Waals surface area (Å²) in [4.78, 5) is 2.42. The van der Waals surface area contributed by atoms with Crippen molar-refractivity contribution in [2.45, 2.75) is 26.3 Å². The van der Waals surface area contributed by atoms with Crippen molar-refractivity contribution in [1.29, 1.82) is 0 Å². The molecule has 20 heavy (non-hydrogen) atoms. The molecule has 0 saturated carbocycles. The number of nitrogens with zero attached hydrogens (tertiary/aromatic N) is 1. The minimum atomic E-state index is -3.07. The number of nitrogens with one attached hydrogen (secondary N) is 1. The average Bonchev–Trinajstić information content (AvgIpc) is 2.39. The van der Waals surface area contributed by atoms with Gasteiger partial charge in [0.1, 0.15) is 0 Å².